The van der Waals surface area contributed by atoms with E-state index in [0.29, 0.717) is 12.3 Å². The van der Waals surface area contributed by atoms with Crippen LogP contribution >= 0.6 is 0 Å². The molecule has 2 aromatic carbocycles. The van der Waals surface area contributed by atoms with Crippen LogP contribution in [0.1, 0.15) is 37.0 Å². The van der Waals surface area contributed by atoms with Crippen molar-refractivity contribution in [2.75, 3.05) is 6.61 Å². The molecule has 0 aliphatic rings. The third-order valence-corrected chi connectivity index (χ3v) is 3.20. The quantitative estimate of drug-likeness (QED) is 0.475. The van der Waals surface area contributed by atoms with Crippen LogP contribution in [0, 0.1) is 0 Å². The van der Waals surface area contributed by atoms with Crippen molar-refractivity contribution < 1.29 is 9.94 Å². The first-order chi connectivity index (χ1) is 10.3. The van der Waals surface area contributed by atoms with Gasteiger partial charge < -0.3 is 9.94 Å². The first-order valence-corrected chi connectivity index (χ1v) is 7.31. The van der Waals surface area contributed by atoms with E-state index in [1.54, 1.807) is 0 Å². The predicted octanol–water partition coefficient (Wildman–Crippen LogP) is 3.94. The Morgan fingerprint density at radius 2 is 1.67 bits per heavy atom. The Bertz CT molecular complexity index is 552. The van der Waals surface area contributed by atoms with Crippen LogP contribution in [-0.2, 0) is 4.84 Å². The molecule has 0 amide bonds. The number of rotatable bonds is 7. The van der Waals surface area contributed by atoms with E-state index < -0.39 is 6.10 Å². The lowest BCUT2D eigenvalue weighted by atomic mass is 9.99. The van der Waals surface area contributed by atoms with Crippen molar-refractivity contribution in [2.24, 2.45) is 5.16 Å². The van der Waals surface area contributed by atoms with Gasteiger partial charge in [-0.3, -0.25) is 0 Å². The fourth-order valence-electron chi connectivity index (χ4n) is 1.99. The number of hydrogen-bond acceptors (Lipinski definition) is 3. The SMILES string of the molecule is CCCCON=C(c1ccccc1)C(O)c1ccccc1. The highest BCUT2D eigenvalue weighted by atomic mass is 16.6. The lowest BCUT2D eigenvalue weighted by Crippen LogP contribution is -2.14. The molecular weight excluding hydrogens is 262 g/mol. The lowest BCUT2D eigenvalue weighted by molar-refractivity contribution is 0.135. The van der Waals surface area contributed by atoms with Crippen molar-refractivity contribution in [3.63, 3.8) is 0 Å². The second-order valence-electron chi connectivity index (χ2n) is 4.84. The zero-order valence-corrected chi connectivity index (χ0v) is 12.3. The van der Waals surface area contributed by atoms with Gasteiger partial charge in [-0.25, -0.2) is 0 Å². The smallest absolute Gasteiger partial charge is 0.125 e. The van der Waals surface area contributed by atoms with Crippen LogP contribution in [0.15, 0.2) is 65.8 Å². The van der Waals surface area contributed by atoms with E-state index in [0.717, 1.165) is 24.0 Å². The van der Waals surface area contributed by atoms with Crippen molar-refractivity contribution in [1.82, 2.24) is 0 Å². The summed E-state index contributed by atoms with van der Waals surface area (Å²) in [4.78, 5) is 5.36. The topological polar surface area (TPSA) is 41.8 Å². The largest absolute Gasteiger partial charge is 0.395 e. The van der Waals surface area contributed by atoms with Gasteiger partial charge in [0, 0.05) is 5.56 Å². The zero-order chi connectivity index (χ0) is 14.9. The van der Waals surface area contributed by atoms with Gasteiger partial charge in [0.15, 0.2) is 0 Å². The Hall–Kier alpha value is -2.13. The molecule has 0 aliphatic heterocycles. The van der Waals surface area contributed by atoms with Gasteiger partial charge in [0.1, 0.15) is 18.4 Å². The molecule has 0 bridgehead atoms. The second-order valence-corrected chi connectivity index (χ2v) is 4.84. The van der Waals surface area contributed by atoms with Crippen LogP contribution in [0.3, 0.4) is 0 Å². The summed E-state index contributed by atoms with van der Waals surface area (Å²) in [5.74, 6) is 0. The van der Waals surface area contributed by atoms with Gasteiger partial charge in [0.2, 0.25) is 0 Å². The molecule has 3 nitrogen and oxygen atoms in total. The van der Waals surface area contributed by atoms with E-state index in [4.69, 9.17) is 4.84 Å². The molecular formula is C18H21NO2. The van der Waals surface area contributed by atoms with Gasteiger partial charge in [0.25, 0.3) is 0 Å². The van der Waals surface area contributed by atoms with E-state index in [2.05, 4.69) is 12.1 Å². The van der Waals surface area contributed by atoms with Crippen LogP contribution in [0.5, 0.6) is 0 Å². The lowest BCUT2D eigenvalue weighted by Gasteiger charge is -2.14. The maximum atomic E-state index is 10.6. The van der Waals surface area contributed by atoms with Crippen molar-refractivity contribution in [3.8, 4) is 0 Å². The average Bonchev–Trinajstić information content (AvgIpc) is 2.56. The third-order valence-electron chi connectivity index (χ3n) is 3.20. The molecule has 0 aliphatic carbocycles. The molecule has 0 aromatic heterocycles. The first-order valence-electron chi connectivity index (χ1n) is 7.31. The Morgan fingerprint density at radius 3 is 2.29 bits per heavy atom. The number of nitrogens with zero attached hydrogens (tertiary/aromatic N) is 1. The summed E-state index contributed by atoms with van der Waals surface area (Å²) in [7, 11) is 0. The Labute approximate surface area is 125 Å². The molecule has 0 radical (unpaired) electrons. The molecule has 1 N–H and O–H groups in total. The summed E-state index contributed by atoms with van der Waals surface area (Å²) in [6.45, 7) is 2.67. The standard InChI is InChI=1S/C18H21NO2/c1-2-3-14-21-19-17(15-10-6-4-7-11-15)18(20)16-12-8-5-9-13-16/h4-13,18,20H,2-3,14H2,1H3. The fourth-order valence-corrected chi connectivity index (χ4v) is 1.99. The molecule has 0 heterocycles. The highest BCUT2D eigenvalue weighted by Crippen LogP contribution is 2.19. The van der Waals surface area contributed by atoms with Crippen molar-refractivity contribution in [2.45, 2.75) is 25.9 Å². The summed E-state index contributed by atoms with van der Waals surface area (Å²) < 4.78 is 0. The third kappa shape index (κ3) is 4.43. The van der Waals surface area contributed by atoms with Gasteiger partial charge in [-0.15, -0.1) is 0 Å². The molecule has 3 heteroatoms. The summed E-state index contributed by atoms with van der Waals surface area (Å²) in [5.41, 5.74) is 2.21. The van der Waals surface area contributed by atoms with E-state index in [1.165, 1.54) is 0 Å². The van der Waals surface area contributed by atoms with Crippen LogP contribution < -0.4 is 0 Å². The zero-order valence-electron chi connectivity index (χ0n) is 12.3. The number of hydrogen-bond donors (Lipinski definition) is 1. The number of aliphatic hydroxyl groups is 1. The van der Waals surface area contributed by atoms with Crippen LogP contribution in [-0.4, -0.2) is 17.4 Å². The number of aliphatic hydroxyl groups excluding tert-OH is 1. The second kappa shape index (κ2) is 8.22. The van der Waals surface area contributed by atoms with Crippen LogP contribution in [0.4, 0.5) is 0 Å². The fraction of sp³-hybridized carbons (Fsp3) is 0.278. The molecule has 2 aromatic rings. The molecule has 21 heavy (non-hydrogen) atoms. The van der Waals surface area contributed by atoms with Crippen LogP contribution in [0.2, 0.25) is 0 Å². The summed E-state index contributed by atoms with van der Waals surface area (Å²) in [6, 6.07) is 19.1. The normalized spacial score (nSPS) is 13.0. The number of benzene rings is 2. The molecule has 1 unspecified atom stereocenters. The molecule has 110 valence electrons. The minimum absolute atomic E-state index is 0.540. The van der Waals surface area contributed by atoms with Gasteiger partial charge in [-0.2, -0.15) is 0 Å². The molecule has 2 rings (SSSR count). The van der Waals surface area contributed by atoms with E-state index in [9.17, 15) is 5.11 Å². The Kier molecular flexibility index (Phi) is 5.98. The molecule has 0 fully saturated rings. The Morgan fingerprint density at radius 1 is 1.05 bits per heavy atom. The predicted molar refractivity (Wildman–Crippen MR) is 85.2 cm³/mol. The summed E-state index contributed by atoms with van der Waals surface area (Å²) in [6.07, 6.45) is 1.21. The van der Waals surface area contributed by atoms with E-state index >= 15 is 0 Å². The van der Waals surface area contributed by atoms with E-state index in [-0.39, 0.29) is 0 Å². The summed E-state index contributed by atoms with van der Waals surface area (Å²) >= 11 is 0. The monoisotopic (exact) mass is 283 g/mol. The number of oxime groups is 1. The first kappa shape index (κ1) is 15.3. The molecule has 0 spiro atoms. The maximum absolute atomic E-state index is 10.6. The van der Waals surface area contributed by atoms with Crippen LogP contribution in [0.25, 0.3) is 0 Å². The highest BCUT2D eigenvalue weighted by molar-refractivity contribution is 6.03. The van der Waals surface area contributed by atoms with Gasteiger partial charge in [0.05, 0.1) is 0 Å². The number of unbranched alkanes of at least 4 members (excludes halogenated alkanes) is 1. The van der Waals surface area contributed by atoms with Gasteiger partial charge >= 0.3 is 0 Å². The maximum Gasteiger partial charge on any atom is 0.125 e. The van der Waals surface area contributed by atoms with Crippen molar-refractivity contribution in [1.29, 1.82) is 0 Å². The molecule has 1 atom stereocenters. The highest BCUT2D eigenvalue weighted by Gasteiger charge is 2.17. The minimum Gasteiger partial charge on any atom is -0.395 e. The molecule has 0 saturated carbocycles. The Balaban J connectivity index is 2.23. The minimum atomic E-state index is -0.796. The average molecular weight is 283 g/mol. The van der Waals surface area contributed by atoms with Crippen molar-refractivity contribution in [3.05, 3.63) is 71.8 Å². The van der Waals surface area contributed by atoms with Gasteiger partial charge in [-0.05, 0) is 12.0 Å². The van der Waals surface area contributed by atoms with Crippen molar-refractivity contribution >= 4 is 5.71 Å². The summed E-state index contributed by atoms with van der Waals surface area (Å²) in [5, 5.41) is 14.8. The van der Waals surface area contributed by atoms with Gasteiger partial charge in [-0.1, -0.05) is 79.2 Å². The molecule has 0 saturated heterocycles. The van der Waals surface area contributed by atoms with E-state index in [1.807, 2.05) is 60.7 Å².